The van der Waals surface area contributed by atoms with Crippen LogP contribution in [-0.4, -0.2) is 12.6 Å². The Bertz CT molecular complexity index is 108. The Kier molecular flexibility index (Phi) is 7.35. The maximum atomic E-state index is 3.51. The fourth-order valence-electron chi connectivity index (χ4n) is 1.83. The first kappa shape index (κ1) is 13.0. The molecule has 0 heterocycles. The van der Waals surface area contributed by atoms with Crippen LogP contribution >= 0.6 is 0 Å². The fraction of sp³-hybridized carbons (Fsp3) is 1.00. The van der Waals surface area contributed by atoms with E-state index in [-0.39, 0.29) is 0 Å². The van der Waals surface area contributed by atoms with Gasteiger partial charge >= 0.3 is 0 Å². The molecule has 1 nitrogen and oxygen atoms in total. The zero-order valence-corrected chi connectivity index (χ0v) is 10.1. The first-order chi connectivity index (χ1) is 6.24. The molecular weight excluding hydrogens is 158 g/mol. The molecule has 1 aliphatic carbocycles. The molecule has 13 heavy (non-hydrogen) atoms. The van der Waals surface area contributed by atoms with Crippen LogP contribution in [0.1, 0.15) is 53.9 Å². The van der Waals surface area contributed by atoms with E-state index >= 15 is 0 Å². The molecule has 1 saturated carbocycles. The van der Waals surface area contributed by atoms with Crippen LogP contribution in [0.2, 0.25) is 0 Å². The van der Waals surface area contributed by atoms with E-state index in [4.69, 9.17) is 0 Å². The molecule has 1 fully saturated rings. The van der Waals surface area contributed by atoms with Crippen molar-refractivity contribution in [3.05, 3.63) is 0 Å². The molecular formula is C12H27N. The SMILES string of the molecule is CC.CCC1CCC1CNC(C)C. The molecule has 0 spiro atoms. The van der Waals surface area contributed by atoms with Gasteiger partial charge in [-0.1, -0.05) is 41.0 Å². The predicted molar refractivity (Wildman–Crippen MR) is 61.0 cm³/mol. The van der Waals surface area contributed by atoms with Gasteiger partial charge < -0.3 is 5.32 Å². The van der Waals surface area contributed by atoms with Crippen molar-refractivity contribution in [3.63, 3.8) is 0 Å². The molecule has 0 saturated heterocycles. The Morgan fingerprint density at radius 1 is 1.15 bits per heavy atom. The standard InChI is InChI=1S/C10H21N.C2H6/c1-4-9-5-6-10(9)7-11-8(2)3;1-2/h8-11H,4-7H2,1-3H3;1-2H3. The van der Waals surface area contributed by atoms with Crippen LogP contribution < -0.4 is 5.32 Å². The first-order valence-corrected chi connectivity index (χ1v) is 5.97. The quantitative estimate of drug-likeness (QED) is 0.707. The summed E-state index contributed by atoms with van der Waals surface area (Å²) in [6.07, 6.45) is 4.31. The van der Waals surface area contributed by atoms with Crippen LogP contribution in [0.5, 0.6) is 0 Å². The van der Waals surface area contributed by atoms with Crippen molar-refractivity contribution >= 4 is 0 Å². The number of nitrogens with one attached hydrogen (secondary N) is 1. The molecule has 1 heteroatoms. The van der Waals surface area contributed by atoms with Gasteiger partial charge in [0.25, 0.3) is 0 Å². The highest BCUT2D eigenvalue weighted by Gasteiger charge is 2.28. The van der Waals surface area contributed by atoms with Gasteiger partial charge in [-0.3, -0.25) is 0 Å². The lowest BCUT2D eigenvalue weighted by Crippen LogP contribution is -2.37. The zero-order chi connectivity index (χ0) is 10.3. The normalized spacial score (nSPS) is 26.3. The summed E-state index contributed by atoms with van der Waals surface area (Å²) in [4.78, 5) is 0. The predicted octanol–water partition coefficient (Wildman–Crippen LogP) is 3.45. The third-order valence-electron chi connectivity index (χ3n) is 2.89. The van der Waals surface area contributed by atoms with Crippen molar-refractivity contribution in [1.29, 1.82) is 0 Å². The monoisotopic (exact) mass is 185 g/mol. The Hall–Kier alpha value is -0.0400. The molecule has 1 N–H and O–H groups in total. The van der Waals surface area contributed by atoms with Crippen molar-refractivity contribution < 1.29 is 0 Å². The molecule has 0 amide bonds. The third kappa shape index (κ3) is 4.66. The van der Waals surface area contributed by atoms with Crippen LogP contribution in [-0.2, 0) is 0 Å². The molecule has 0 bridgehead atoms. The van der Waals surface area contributed by atoms with Gasteiger partial charge in [-0.05, 0) is 31.2 Å². The van der Waals surface area contributed by atoms with Gasteiger partial charge in [-0.25, -0.2) is 0 Å². The molecule has 0 aliphatic heterocycles. The Morgan fingerprint density at radius 2 is 1.69 bits per heavy atom. The minimum absolute atomic E-state index is 0.660. The number of rotatable bonds is 4. The molecule has 0 aromatic heterocycles. The molecule has 1 rings (SSSR count). The lowest BCUT2D eigenvalue weighted by molar-refractivity contribution is 0.163. The van der Waals surface area contributed by atoms with Crippen LogP contribution in [0, 0.1) is 11.8 Å². The summed E-state index contributed by atoms with van der Waals surface area (Å²) in [7, 11) is 0. The van der Waals surface area contributed by atoms with E-state index in [2.05, 4.69) is 26.1 Å². The van der Waals surface area contributed by atoms with Crippen molar-refractivity contribution in [3.8, 4) is 0 Å². The Morgan fingerprint density at radius 3 is 2.00 bits per heavy atom. The van der Waals surface area contributed by atoms with E-state index in [1.54, 1.807) is 0 Å². The van der Waals surface area contributed by atoms with E-state index in [0.717, 1.165) is 11.8 Å². The number of hydrogen-bond acceptors (Lipinski definition) is 1. The van der Waals surface area contributed by atoms with Gasteiger partial charge in [0.15, 0.2) is 0 Å². The highest BCUT2D eigenvalue weighted by atomic mass is 14.9. The average molecular weight is 185 g/mol. The van der Waals surface area contributed by atoms with E-state index in [1.165, 1.54) is 25.8 Å². The minimum Gasteiger partial charge on any atom is -0.314 e. The van der Waals surface area contributed by atoms with Crippen molar-refractivity contribution in [2.24, 2.45) is 11.8 Å². The van der Waals surface area contributed by atoms with Gasteiger partial charge in [-0.2, -0.15) is 0 Å². The molecule has 0 aromatic carbocycles. The highest BCUT2D eigenvalue weighted by molar-refractivity contribution is 4.81. The minimum atomic E-state index is 0.660. The van der Waals surface area contributed by atoms with Gasteiger partial charge in [-0.15, -0.1) is 0 Å². The summed E-state index contributed by atoms with van der Waals surface area (Å²) >= 11 is 0. The maximum Gasteiger partial charge on any atom is 0.00104 e. The second-order valence-electron chi connectivity index (χ2n) is 4.07. The van der Waals surface area contributed by atoms with Crippen LogP contribution in [0.3, 0.4) is 0 Å². The average Bonchev–Trinajstić information content (AvgIpc) is 2.06. The lowest BCUT2D eigenvalue weighted by Gasteiger charge is -2.36. The van der Waals surface area contributed by atoms with Gasteiger partial charge in [0, 0.05) is 6.04 Å². The first-order valence-electron chi connectivity index (χ1n) is 5.97. The maximum absolute atomic E-state index is 3.51. The summed E-state index contributed by atoms with van der Waals surface area (Å²) in [6.45, 7) is 12.0. The molecule has 80 valence electrons. The summed E-state index contributed by atoms with van der Waals surface area (Å²) in [5.74, 6) is 2.02. The molecule has 0 aromatic rings. The second kappa shape index (κ2) is 7.37. The van der Waals surface area contributed by atoms with Crippen LogP contribution in [0.4, 0.5) is 0 Å². The van der Waals surface area contributed by atoms with Crippen molar-refractivity contribution in [2.75, 3.05) is 6.54 Å². The van der Waals surface area contributed by atoms with Gasteiger partial charge in [0.2, 0.25) is 0 Å². The highest BCUT2D eigenvalue weighted by Crippen LogP contribution is 2.35. The fourth-order valence-corrected chi connectivity index (χ4v) is 1.83. The summed E-state index contributed by atoms with van der Waals surface area (Å²) in [6, 6.07) is 0.660. The summed E-state index contributed by atoms with van der Waals surface area (Å²) in [5.41, 5.74) is 0. The molecule has 1 aliphatic rings. The van der Waals surface area contributed by atoms with E-state index in [0.29, 0.717) is 6.04 Å². The van der Waals surface area contributed by atoms with E-state index < -0.39 is 0 Å². The van der Waals surface area contributed by atoms with Crippen LogP contribution in [0.15, 0.2) is 0 Å². The van der Waals surface area contributed by atoms with E-state index in [9.17, 15) is 0 Å². The van der Waals surface area contributed by atoms with E-state index in [1.807, 2.05) is 13.8 Å². The Labute approximate surface area is 84.3 Å². The van der Waals surface area contributed by atoms with Crippen molar-refractivity contribution in [1.82, 2.24) is 5.32 Å². The van der Waals surface area contributed by atoms with Gasteiger partial charge in [0.05, 0.1) is 0 Å². The molecule has 2 unspecified atom stereocenters. The van der Waals surface area contributed by atoms with Crippen LogP contribution in [0.25, 0.3) is 0 Å². The molecule has 2 atom stereocenters. The van der Waals surface area contributed by atoms with Crippen molar-refractivity contribution in [2.45, 2.75) is 59.9 Å². The largest absolute Gasteiger partial charge is 0.314 e. The zero-order valence-electron chi connectivity index (χ0n) is 10.1. The summed E-state index contributed by atoms with van der Waals surface area (Å²) < 4.78 is 0. The summed E-state index contributed by atoms with van der Waals surface area (Å²) in [5, 5.41) is 3.51. The van der Waals surface area contributed by atoms with Gasteiger partial charge in [0.1, 0.15) is 0 Å². The molecule has 0 radical (unpaired) electrons. The topological polar surface area (TPSA) is 12.0 Å². The third-order valence-corrected chi connectivity index (χ3v) is 2.89. The number of hydrogen-bond donors (Lipinski definition) is 1. The Balaban J connectivity index is 0.000000671. The smallest absolute Gasteiger partial charge is 0.00104 e. The second-order valence-corrected chi connectivity index (χ2v) is 4.07. The lowest BCUT2D eigenvalue weighted by atomic mass is 9.72.